The second-order valence-electron chi connectivity index (χ2n) is 10.5. The van der Waals surface area contributed by atoms with Crippen molar-refractivity contribution in [3.8, 4) is 28.5 Å². The van der Waals surface area contributed by atoms with Crippen LogP contribution >= 0.6 is 11.6 Å². The van der Waals surface area contributed by atoms with Gasteiger partial charge in [-0.15, -0.1) is 0 Å². The van der Waals surface area contributed by atoms with Crippen LogP contribution in [0.1, 0.15) is 86.1 Å². The summed E-state index contributed by atoms with van der Waals surface area (Å²) in [6.45, 7) is 9.63. The molecule has 0 bridgehead atoms. The van der Waals surface area contributed by atoms with Gasteiger partial charge in [-0.1, -0.05) is 43.9 Å². The molecule has 1 atom stereocenters. The highest BCUT2D eigenvalue weighted by atomic mass is 35.5. The highest BCUT2D eigenvalue weighted by molar-refractivity contribution is 6.31. The monoisotopic (exact) mass is 569 g/mol. The number of aromatic hydroxyl groups is 1. The number of carbonyl (C=O) groups excluding carboxylic acids is 1. The second kappa shape index (κ2) is 13.4. The van der Waals surface area contributed by atoms with Crippen molar-refractivity contribution < 1.29 is 24.1 Å². The van der Waals surface area contributed by atoms with Gasteiger partial charge in [0, 0.05) is 29.3 Å². The van der Waals surface area contributed by atoms with Gasteiger partial charge >= 0.3 is 0 Å². The summed E-state index contributed by atoms with van der Waals surface area (Å²) in [5, 5.41) is 18.7. The third-order valence-electron chi connectivity index (χ3n) is 7.15. The van der Waals surface area contributed by atoms with Crippen LogP contribution in [0, 0.1) is 6.92 Å². The summed E-state index contributed by atoms with van der Waals surface area (Å²) in [5.41, 5.74) is 3.66. The smallest absolute Gasteiger partial charge is 0.273 e. The largest absolute Gasteiger partial charge is 0.507 e. The zero-order valence-electron chi connectivity index (χ0n) is 24.1. The van der Waals surface area contributed by atoms with Gasteiger partial charge in [-0.3, -0.25) is 9.89 Å². The molecule has 8 nitrogen and oxygen atoms in total. The van der Waals surface area contributed by atoms with Gasteiger partial charge in [0.15, 0.2) is 11.5 Å². The quantitative estimate of drug-likeness (QED) is 0.201. The highest BCUT2D eigenvalue weighted by Gasteiger charge is 2.42. The Kier molecular flexibility index (Phi) is 9.98. The van der Waals surface area contributed by atoms with Crippen molar-refractivity contribution in [2.45, 2.75) is 71.9 Å². The minimum atomic E-state index is -0.456. The molecule has 2 aromatic carbocycles. The number of nitrogens with zero attached hydrogens (tertiary/aromatic N) is 2. The zero-order valence-corrected chi connectivity index (χ0v) is 24.8. The van der Waals surface area contributed by atoms with Gasteiger partial charge in [-0.2, -0.15) is 5.10 Å². The molecule has 1 amide bonds. The molecular formula is C31H40ClN3O5. The number of phenolic OH excluding ortho intramolecular Hbond substituents is 1. The first-order chi connectivity index (χ1) is 19.3. The Labute approximate surface area is 241 Å². The summed E-state index contributed by atoms with van der Waals surface area (Å²) in [7, 11) is 1.62. The van der Waals surface area contributed by atoms with Crippen LogP contribution in [0.4, 0.5) is 0 Å². The third kappa shape index (κ3) is 6.39. The molecule has 9 heteroatoms. The van der Waals surface area contributed by atoms with Gasteiger partial charge in [-0.05, 0) is 69.0 Å². The SMILES string of the molecule is CCCCCCOc1ccc(C2c3c(-c4cc(Cl)c(C)cc4O)n[nH]c3C(=O)N2CCCOC(C)C)cc1OC. The number of nitrogens with one attached hydrogen (secondary N) is 1. The molecule has 0 aliphatic carbocycles. The van der Waals surface area contributed by atoms with Crippen molar-refractivity contribution >= 4 is 17.5 Å². The van der Waals surface area contributed by atoms with E-state index in [9.17, 15) is 9.90 Å². The Morgan fingerprint density at radius 2 is 1.90 bits per heavy atom. The number of aryl methyl sites for hydroxylation is 1. The van der Waals surface area contributed by atoms with E-state index in [1.807, 2.05) is 43.9 Å². The molecule has 2 heterocycles. The van der Waals surface area contributed by atoms with Crippen molar-refractivity contribution in [2.75, 3.05) is 26.9 Å². The average Bonchev–Trinajstić information content (AvgIpc) is 3.47. The van der Waals surface area contributed by atoms with Crippen LogP contribution in [-0.2, 0) is 4.74 Å². The molecule has 0 radical (unpaired) electrons. The fourth-order valence-corrected chi connectivity index (χ4v) is 5.24. The Hall–Kier alpha value is -3.23. The number of aromatic amines is 1. The van der Waals surface area contributed by atoms with Gasteiger partial charge in [0.25, 0.3) is 5.91 Å². The minimum absolute atomic E-state index is 0.0515. The maximum absolute atomic E-state index is 13.7. The van der Waals surface area contributed by atoms with E-state index in [1.165, 1.54) is 12.8 Å². The summed E-state index contributed by atoms with van der Waals surface area (Å²) in [4.78, 5) is 15.5. The molecule has 1 aromatic heterocycles. The Balaban J connectivity index is 1.72. The summed E-state index contributed by atoms with van der Waals surface area (Å²) >= 11 is 6.43. The molecular weight excluding hydrogens is 530 g/mol. The number of fused-ring (bicyclic) bond motifs is 1. The molecule has 4 rings (SSSR count). The van der Waals surface area contributed by atoms with E-state index >= 15 is 0 Å². The van der Waals surface area contributed by atoms with Crippen molar-refractivity contribution in [3.05, 3.63) is 57.7 Å². The second-order valence-corrected chi connectivity index (χ2v) is 10.9. The lowest BCUT2D eigenvalue weighted by molar-refractivity contribution is 0.0601. The molecule has 1 aliphatic rings. The number of H-pyrrole nitrogens is 1. The number of hydrogen-bond donors (Lipinski definition) is 2. The van der Waals surface area contributed by atoms with Gasteiger partial charge in [0.05, 0.1) is 25.9 Å². The number of hydrogen-bond acceptors (Lipinski definition) is 6. The number of phenols is 1. The number of carbonyl (C=O) groups is 1. The molecule has 2 N–H and O–H groups in total. The van der Waals surface area contributed by atoms with Crippen LogP contribution in [0.3, 0.4) is 0 Å². The lowest BCUT2D eigenvalue weighted by Gasteiger charge is -2.27. The molecule has 216 valence electrons. The van der Waals surface area contributed by atoms with Gasteiger partial charge in [0.1, 0.15) is 17.1 Å². The molecule has 0 saturated heterocycles. The molecule has 1 aliphatic heterocycles. The number of benzene rings is 2. The fourth-order valence-electron chi connectivity index (χ4n) is 5.07. The lowest BCUT2D eigenvalue weighted by atomic mass is 9.95. The normalized spacial score (nSPS) is 14.7. The van der Waals surface area contributed by atoms with Crippen LogP contribution < -0.4 is 9.47 Å². The number of aromatic nitrogens is 2. The molecule has 0 saturated carbocycles. The van der Waals surface area contributed by atoms with E-state index in [0.29, 0.717) is 65.2 Å². The first-order valence-corrected chi connectivity index (χ1v) is 14.5. The molecule has 3 aromatic rings. The minimum Gasteiger partial charge on any atom is -0.507 e. The predicted molar refractivity (Wildman–Crippen MR) is 157 cm³/mol. The number of methoxy groups -OCH3 is 1. The zero-order chi connectivity index (χ0) is 28.8. The first kappa shape index (κ1) is 29.7. The predicted octanol–water partition coefficient (Wildman–Crippen LogP) is 7.07. The van der Waals surface area contributed by atoms with Crippen molar-refractivity contribution in [3.63, 3.8) is 0 Å². The van der Waals surface area contributed by atoms with E-state index < -0.39 is 6.04 Å². The molecule has 0 fully saturated rings. The van der Waals surface area contributed by atoms with Crippen LogP contribution in [0.5, 0.6) is 17.2 Å². The van der Waals surface area contributed by atoms with Crippen molar-refractivity contribution in [1.82, 2.24) is 15.1 Å². The van der Waals surface area contributed by atoms with Gasteiger partial charge in [-0.25, -0.2) is 0 Å². The van der Waals surface area contributed by atoms with Crippen LogP contribution in [-0.4, -0.2) is 59.1 Å². The van der Waals surface area contributed by atoms with E-state index in [4.69, 9.17) is 25.8 Å². The highest BCUT2D eigenvalue weighted by Crippen LogP contribution is 2.46. The summed E-state index contributed by atoms with van der Waals surface area (Å²) < 4.78 is 17.5. The summed E-state index contributed by atoms with van der Waals surface area (Å²) in [6, 6.07) is 8.64. The number of amides is 1. The first-order valence-electron chi connectivity index (χ1n) is 14.1. The molecule has 0 spiro atoms. The topological polar surface area (TPSA) is 96.9 Å². The van der Waals surface area contributed by atoms with E-state index in [1.54, 1.807) is 19.2 Å². The van der Waals surface area contributed by atoms with E-state index in [0.717, 1.165) is 24.0 Å². The number of unbranched alkanes of at least 4 members (excludes halogenated alkanes) is 3. The fraction of sp³-hybridized carbons (Fsp3) is 0.484. The van der Waals surface area contributed by atoms with Crippen LogP contribution in [0.25, 0.3) is 11.3 Å². The van der Waals surface area contributed by atoms with Gasteiger partial charge in [0.2, 0.25) is 0 Å². The maximum atomic E-state index is 13.7. The maximum Gasteiger partial charge on any atom is 0.273 e. The number of halogens is 1. The van der Waals surface area contributed by atoms with Crippen molar-refractivity contribution in [2.24, 2.45) is 0 Å². The Bertz CT molecular complexity index is 1320. The summed E-state index contributed by atoms with van der Waals surface area (Å²) in [6.07, 6.45) is 5.24. The lowest BCUT2D eigenvalue weighted by Crippen LogP contribution is -2.31. The molecule has 1 unspecified atom stereocenters. The van der Waals surface area contributed by atoms with Gasteiger partial charge < -0.3 is 24.2 Å². The van der Waals surface area contributed by atoms with Crippen molar-refractivity contribution in [1.29, 1.82) is 0 Å². The van der Waals surface area contributed by atoms with Crippen LogP contribution in [0.15, 0.2) is 30.3 Å². The average molecular weight is 570 g/mol. The standard InChI is InChI=1S/C31H40ClN3O5/c1-6-7-8-9-14-40-25-12-11-21(17-26(25)38-5)30-27-28(22-18-23(32)20(4)16-24(22)36)33-34-29(27)31(37)35(30)13-10-15-39-19(2)3/h11-12,16-19,30,36H,6-10,13-15H2,1-5H3,(H,33,34). The van der Waals surface area contributed by atoms with E-state index in [-0.39, 0.29) is 17.8 Å². The third-order valence-corrected chi connectivity index (χ3v) is 7.56. The number of rotatable bonds is 14. The van der Waals surface area contributed by atoms with Crippen LogP contribution in [0.2, 0.25) is 5.02 Å². The Morgan fingerprint density at radius 1 is 1.10 bits per heavy atom. The Morgan fingerprint density at radius 3 is 2.62 bits per heavy atom. The number of ether oxygens (including phenoxy) is 3. The van der Waals surface area contributed by atoms with E-state index in [2.05, 4.69) is 17.1 Å². The molecule has 40 heavy (non-hydrogen) atoms. The summed E-state index contributed by atoms with van der Waals surface area (Å²) in [5.74, 6) is 1.16.